The van der Waals surface area contributed by atoms with Gasteiger partial charge in [-0.25, -0.2) is 9.97 Å². The van der Waals surface area contributed by atoms with Gasteiger partial charge in [-0.1, -0.05) is 13.8 Å². The van der Waals surface area contributed by atoms with Crippen molar-refractivity contribution in [3.8, 4) is 0 Å². The predicted molar refractivity (Wildman–Crippen MR) is 60.2 cm³/mol. The number of hydrogen-bond donors (Lipinski definition) is 0. The lowest BCUT2D eigenvalue weighted by atomic mass is 10.1. The van der Waals surface area contributed by atoms with E-state index in [1.807, 2.05) is 0 Å². The highest BCUT2D eigenvalue weighted by atomic mass is 16.1. The Bertz CT molecular complexity index is 383. The lowest BCUT2D eigenvalue weighted by molar-refractivity contribution is -0.116. The summed E-state index contributed by atoms with van der Waals surface area (Å²) in [5.41, 5.74) is 1.01. The highest BCUT2D eigenvalue weighted by Crippen LogP contribution is 2.06. The maximum atomic E-state index is 11.4. The zero-order valence-corrected chi connectivity index (χ0v) is 9.86. The van der Waals surface area contributed by atoms with Crippen molar-refractivity contribution in [1.82, 2.24) is 9.97 Å². The molecule has 16 heavy (non-hydrogen) atoms. The van der Waals surface area contributed by atoms with Gasteiger partial charge in [0.15, 0.2) is 5.82 Å². The molecular formula is C12H16N2O2. The van der Waals surface area contributed by atoms with Crippen molar-refractivity contribution in [2.24, 2.45) is 5.92 Å². The van der Waals surface area contributed by atoms with Gasteiger partial charge in [0, 0.05) is 12.4 Å². The first-order valence-electron chi connectivity index (χ1n) is 5.32. The Kier molecular flexibility index (Phi) is 4.28. The first-order valence-corrected chi connectivity index (χ1v) is 5.32. The van der Waals surface area contributed by atoms with Gasteiger partial charge in [0.2, 0.25) is 5.78 Å². The number of carbonyl (C=O) groups is 2. The van der Waals surface area contributed by atoms with Crippen molar-refractivity contribution in [3.05, 3.63) is 23.8 Å². The molecule has 0 amide bonds. The van der Waals surface area contributed by atoms with E-state index in [4.69, 9.17) is 0 Å². The number of rotatable bonds is 5. The second-order valence-corrected chi connectivity index (χ2v) is 4.31. The number of Topliss-reactive ketones (excluding diaryl/α,β-unsaturated/α-hetero) is 2. The van der Waals surface area contributed by atoms with Crippen LogP contribution in [0.4, 0.5) is 0 Å². The molecule has 4 heteroatoms. The van der Waals surface area contributed by atoms with Crippen LogP contribution in [0.25, 0.3) is 0 Å². The molecule has 0 saturated heterocycles. The van der Waals surface area contributed by atoms with Crippen molar-refractivity contribution >= 4 is 11.6 Å². The van der Waals surface area contributed by atoms with Gasteiger partial charge in [-0.15, -0.1) is 0 Å². The van der Waals surface area contributed by atoms with Crippen molar-refractivity contribution in [3.63, 3.8) is 0 Å². The van der Waals surface area contributed by atoms with Crippen LogP contribution in [-0.4, -0.2) is 21.5 Å². The first kappa shape index (κ1) is 12.5. The van der Waals surface area contributed by atoms with Gasteiger partial charge in [0.05, 0.1) is 6.42 Å². The van der Waals surface area contributed by atoms with E-state index in [0.29, 0.717) is 5.92 Å². The molecule has 0 atom stereocenters. The van der Waals surface area contributed by atoms with Crippen molar-refractivity contribution in [2.75, 3.05) is 0 Å². The van der Waals surface area contributed by atoms with E-state index in [9.17, 15) is 9.59 Å². The maximum absolute atomic E-state index is 11.4. The second kappa shape index (κ2) is 5.49. The van der Waals surface area contributed by atoms with Crippen LogP contribution < -0.4 is 0 Å². The van der Waals surface area contributed by atoms with Crippen LogP contribution in [0, 0.1) is 5.92 Å². The summed E-state index contributed by atoms with van der Waals surface area (Å²) in [6, 6.07) is 0. The molecule has 0 aromatic carbocycles. The van der Waals surface area contributed by atoms with Crippen LogP contribution in [-0.2, 0) is 11.2 Å². The summed E-state index contributed by atoms with van der Waals surface area (Å²) in [6.07, 6.45) is 4.07. The molecule has 0 aliphatic carbocycles. The van der Waals surface area contributed by atoms with E-state index in [1.165, 1.54) is 6.92 Å². The summed E-state index contributed by atoms with van der Waals surface area (Å²) in [5, 5.41) is 0. The summed E-state index contributed by atoms with van der Waals surface area (Å²) >= 11 is 0. The molecule has 0 spiro atoms. The largest absolute Gasteiger partial charge is 0.300 e. The Morgan fingerprint density at radius 1 is 1.25 bits per heavy atom. The number of aromatic nitrogens is 2. The lowest BCUT2D eigenvalue weighted by Crippen LogP contribution is -2.10. The number of ketones is 2. The van der Waals surface area contributed by atoms with Gasteiger partial charge in [0.1, 0.15) is 5.78 Å². The highest BCUT2D eigenvalue weighted by Gasteiger charge is 2.11. The fraction of sp³-hybridized carbons (Fsp3) is 0.500. The molecule has 86 valence electrons. The molecule has 0 saturated carbocycles. The SMILES string of the molecule is CC(=O)CC(=O)c1ncc(CC(C)C)cn1. The average Bonchev–Trinajstić information content (AvgIpc) is 2.16. The molecule has 0 bridgehead atoms. The van der Waals surface area contributed by atoms with E-state index >= 15 is 0 Å². The maximum Gasteiger partial charge on any atom is 0.207 e. The van der Waals surface area contributed by atoms with Gasteiger partial charge in [0.25, 0.3) is 0 Å². The van der Waals surface area contributed by atoms with Crippen LogP contribution >= 0.6 is 0 Å². The Hall–Kier alpha value is -1.58. The number of carbonyl (C=O) groups excluding carboxylic acids is 2. The average molecular weight is 220 g/mol. The lowest BCUT2D eigenvalue weighted by Gasteiger charge is -2.04. The Labute approximate surface area is 95.1 Å². The van der Waals surface area contributed by atoms with Gasteiger partial charge >= 0.3 is 0 Å². The summed E-state index contributed by atoms with van der Waals surface area (Å²) in [4.78, 5) is 30.1. The van der Waals surface area contributed by atoms with E-state index in [0.717, 1.165) is 12.0 Å². The molecule has 0 fully saturated rings. The third-order valence-corrected chi connectivity index (χ3v) is 2.01. The first-order chi connectivity index (χ1) is 7.49. The Morgan fingerprint density at radius 2 is 1.81 bits per heavy atom. The van der Waals surface area contributed by atoms with E-state index in [2.05, 4.69) is 23.8 Å². The predicted octanol–water partition coefficient (Wildman–Crippen LogP) is 1.84. The van der Waals surface area contributed by atoms with E-state index < -0.39 is 0 Å². The van der Waals surface area contributed by atoms with Crippen LogP contribution in [0.15, 0.2) is 12.4 Å². The second-order valence-electron chi connectivity index (χ2n) is 4.31. The molecule has 1 heterocycles. The van der Waals surface area contributed by atoms with Crippen molar-refractivity contribution < 1.29 is 9.59 Å². The molecule has 0 radical (unpaired) electrons. The minimum absolute atomic E-state index is 0.122. The van der Waals surface area contributed by atoms with Gasteiger partial charge in [-0.05, 0) is 24.8 Å². The monoisotopic (exact) mass is 220 g/mol. The van der Waals surface area contributed by atoms with E-state index in [-0.39, 0.29) is 23.8 Å². The van der Waals surface area contributed by atoms with Gasteiger partial charge in [-0.3, -0.25) is 9.59 Å². The van der Waals surface area contributed by atoms with Crippen molar-refractivity contribution in [1.29, 1.82) is 0 Å². The molecule has 4 nitrogen and oxygen atoms in total. The van der Waals surface area contributed by atoms with Crippen LogP contribution in [0.2, 0.25) is 0 Å². The zero-order chi connectivity index (χ0) is 12.1. The highest BCUT2D eigenvalue weighted by molar-refractivity contribution is 6.05. The fourth-order valence-electron chi connectivity index (χ4n) is 1.38. The van der Waals surface area contributed by atoms with E-state index in [1.54, 1.807) is 12.4 Å². The Balaban J connectivity index is 2.71. The molecule has 0 N–H and O–H groups in total. The summed E-state index contributed by atoms with van der Waals surface area (Å²) < 4.78 is 0. The molecule has 0 aliphatic heterocycles. The summed E-state index contributed by atoms with van der Waals surface area (Å²) in [6.45, 7) is 5.59. The van der Waals surface area contributed by atoms with Crippen LogP contribution in [0.1, 0.15) is 43.4 Å². The normalized spacial score (nSPS) is 10.5. The third kappa shape index (κ3) is 3.88. The zero-order valence-electron chi connectivity index (χ0n) is 9.86. The van der Waals surface area contributed by atoms with Gasteiger partial charge < -0.3 is 0 Å². The smallest absolute Gasteiger partial charge is 0.207 e. The minimum atomic E-state index is -0.316. The number of hydrogen-bond acceptors (Lipinski definition) is 4. The topological polar surface area (TPSA) is 59.9 Å². The van der Waals surface area contributed by atoms with Crippen LogP contribution in [0.3, 0.4) is 0 Å². The fourth-order valence-corrected chi connectivity index (χ4v) is 1.38. The van der Waals surface area contributed by atoms with Crippen molar-refractivity contribution in [2.45, 2.75) is 33.6 Å². The summed E-state index contributed by atoms with van der Waals surface area (Å²) in [7, 11) is 0. The summed E-state index contributed by atoms with van der Waals surface area (Å²) in [5.74, 6) is 0.175. The molecule has 1 aromatic heterocycles. The third-order valence-electron chi connectivity index (χ3n) is 2.01. The molecular weight excluding hydrogens is 204 g/mol. The quantitative estimate of drug-likeness (QED) is 0.561. The minimum Gasteiger partial charge on any atom is -0.300 e. The Morgan fingerprint density at radius 3 is 2.25 bits per heavy atom. The molecule has 1 rings (SSSR count). The molecule has 1 aromatic rings. The van der Waals surface area contributed by atoms with Gasteiger partial charge in [-0.2, -0.15) is 0 Å². The molecule has 0 unspecified atom stereocenters. The number of nitrogens with zero attached hydrogens (tertiary/aromatic N) is 2. The molecule has 0 aliphatic rings. The van der Waals surface area contributed by atoms with Crippen LogP contribution in [0.5, 0.6) is 0 Å². The standard InChI is InChI=1S/C12H16N2O2/c1-8(2)4-10-6-13-12(14-7-10)11(16)5-9(3)15/h6-8H,4-5H2,1-3H3.